The molecule has 0 aliphatic rings. The van der Waals surface area contributed by atoms with Crippen LogP contribution in [0.3, 0.4) is 0 Å². The van der Waals surface area contributed by atoms with Crippen LogP contribution < -0.4 is 0 Å². The van der Waals surface area contributed by atoms with Gasteiger partial charge in [0.2, 0.25) is 0 Å². The number of benzene rings is 1. The molecule has 2 N–H and O–H groups in total. The van der Waals surface area contributed by atoms with Crippen molar-refractivity contribution in [2.75, 3.05) is 0 Å². The number of aromatic nitrogens is 2. The molecule has 1 aromatic carbocycles. The number of hydrogen-bond acceptors (Lipinski definition) is 1. The minimum absolute atomic E-state index is 0.608. The lowest BCUT2D eigenvalue weighted by Crippen LogP contribution is -1.76. The number of aromatic amines is 2. The van der Waals surface area contributed by atoms with Crippen LogP contribution in [-0.2, 0) is 0 Å². The van der Waals surface area contributed by atoms with Crippen molar-refractivity contribution in [2.24, 2.45) is 0 Å². The van der Waals surface area contributed by atoms with Crippen molar-refractivity contribution < 1.29 is 4.79 Å². The molecule has 3 aromatic rings. The van der Waals surface area contributed by atoms with Crippen molar-refractivity contribution in [3.8, 4) is 0 Å². The van der Waals surface area contributed by atoms with E-state index in [0.29, 0.717) is 5.69 Å². The Bertz CT molecular complexity index is 618. The van der Waals surface area contributed by atoms with Gasteiger partial charge in [0.15, 0.2) is 6.29 Å². The summed E-state index contributed by atoms with van der Waals surface area (Å²) in [6.07, 6.45) is 0.822. The first-order chi connectivity index (χ1) is 6.88. The molecule has 3 rings (SSSR count). The lowest BCUT2D eigenvalue weighted by Gasteiger charge is -1.87. The highest BCUT2D eigenvalue weighted by Gasteiger charge is 2.06. The maximum atomic E-state index is 10.6. The van der Waals surface area contributed by atoms with Crippen LogP contribution in [0, 0.1) is 0 Å². The molecule has 68 valence electrons. The van der Waals surface area contributed by atoms with Crippen molar-refractivity contribution in [3.05, 3.63) is 36.0 Å². The van der Waals surface area contributed by atoms with E-state index in [0.717, 1.165) is 28.2 Å². The summed E-state index contributed by atoms with van der Waals surface area (Å²) in [5.74, 6) is 0. The maximum absolute atomic E-state index is 10.6. The van der Waals surface area contributed by atoms with E-state index < -0.39 is 0 Å². The Hall–Kier alpha value is -2.03. The molecule has 0 bridgehead atoms. The van der Waals surface area contributed by atoms with E-state index in [4.69, 9.17) is 0 Å². The van der Waals surface area contributed by atoms with Crippen LogP contribution in [0.4, 0.5) is 0 Å². The lowest BCUT2D eigenvalue weighted by atomic mass is 10.2. The summed E-state index contributed by atoms with van der Waals surface area (Å²) in [6, 6.07) is 9.83. The normalized spacial score (nSPS) is 11.1. The van der Waals surface area contributed by atoms with Gasteiger partial charge in [-0.15, -0.1) is 0 Å². The molecule has 0 aliphatic heterocycles. The number of aldehydes is 1. The molecular weight excluding hydrogens is 176 g/mol. The van der Waals surface area contributed by atoms with Gasteiger partial charge in [0.05, 0.1) is 16.7 Å². The van der Waals surface area contributed by atoms with Gasteiger partial charge in [-0.3, -0.25) is 4.79 Å². The van der Waals surface area contributed by atoms with Crippen LogP contribution in [0.15, 0.2) is 30.3 Å². The largest absolute Gasteiger partial charge is 0.353 e. The summed E-state index contributed by atoms with van der Waals surface area (Å²) in [6.45, 7) is 0. The summed E-state index contributed by atoms with van der Waals surface area (Å²) in [5, 5.41) is 1.12. The first-order valence-corrected chi connectivity index (χ1v) is 4.43. The zero-order chi connectivity index (χ0) is 9.54. The first kappa shape index (κ1) is 7.38. The second-order valence-corrected chi connectivity index (χ2v) is 3.30. The number of para-hydroxylation sites is 1. The maximum Gasteiger partial charge on any atom is 0.166 e. The number of rotatable bonds is 1. The van der Waals surface area contributed by atoms with Gasteiger partial charge in [-0.1, -0.05) is 18.2 Å². The molecule has 0 saturated heterocycles. The second-order valence-electron chi connectivity index (χ2n) is 3.30. The van der Waals surface area contributed by atoms with Crippen LogP contribution in [0.25, 0.3) is 21.9 Å². The van der Waals surface area contributed by atoms with Crippen molar-refractivity contribution in [1.29, 1.82) is 0 Å². The predicted octanol–water partition coefficient (Wildman–Crippen LogP) is 2.46. The van der Waals surface area contributed by atoms with Crippen molar-refractivity contribution >= 4 is 28.2 Å². The molecule has 0 aliphatic carbocycles. The Balaban J connectivity index is 2.50. The van der Waals surface area contributed by atoms with Gasteiger partial charge in [0.25, 0.3) is 0 Å². The highest BCUT2D eigenvalue weighted by Crippen LogP contribution is 2.24. The fraction of sp³-hybridized carbons (Fsp3) is 0. The molecule has 0 radical (unpaired) electrons. The molecule has 0 amide bonds. The number of carbonyl (C=O) groups is 1. The van der Waals surface area contributed by atoms with Crippen LogP contribution in [0.1, 0.15) is 10.5 Å². The van der Waals surface area contributed by atoms with Crippen LogP contribution in [0.2, 0.25) is 0 Å². The Morgan fingerprint density at radius 1 is 1.07 bits per heavy atom. The van der Waals surface area contributed by atoms with Gasteiger partial charge >= 0.3 is 0 Å². The molecule has 0 saturated carbocycles. The summed E-state index contributed by atoms with van der Waals surface area (Å²) < 4.78 is 0. The zero-order valence-electron chi connectivity index (χ0n) is 7.37. The number of H-pyrrole nitrogens is 2. The van der Waals surface area contributed by atoms with E-state index in [-0.39, 0.29) is 0 Å². The number of carbonyl (C=O) groups excluding carboxylic acids is 1. The molecule has 0 fully saturated rings. The second kappa shape index (κ2) is 2.48. The average Bonchev–Trinajstić information content (AvgIpc) is 2.73. The fourth-order valence-electron chi connectivity index (χ4n) is 1.81. The molecule has 3 nitrogen and oxygen atoms in total. The summed E-state index contributed by atoms with van der Waals surface area (Å²) in [4.78, 5) is 16.9. The minimum atomic E-state index is 0.608. The Morgan fingerprint density at radius 3 is 2.79 bits per heavy atom. The number of fused-ring (bicyclic) bond motifs is 3. The van der Waals surface area contributed by atoms with E-state index in [1.54, 1.807) is 0 Å². The summed E-state index contributed by atoms with van der Waals surface area (Å²) >= 11 is 0. The van der Waals surface area contributed by atoms with Gasteiger partial charge < -0.3 is 9.97 Å². The van der Waals surface area contributed by atoms with Crippen LogP contribution in [-0.4, -0.2) is 16.3 Å². The van der Waals surface area contributed by atoms with E-state index in [1.165, 1.54) is 0 Å². The Kier molecular flexibility index (Phi) is 1.31. The molecule has 2 heterocycles. The summed E-state index contributed by atoms with van der Waals surface area (Å²) in [5.41, 5.74) is 3.68. The van der Waals surface area contributed by atoms with E-state index in [1.807, 2.05) is 30.3 Å². The number of nitrogens with one attached hydrogen (secondary N) is 2. The third-order valence-electron chi connectivity index (χ3n) is 2.43. The average molecular weight is 184 g/mol. The molecule has 14 heavy (non-hydrogen) atoms. The predicted molar refractivity (Wildman–Crippen MR) is 55.5 cm³/mol. The molecule has 0 atom stereocenters. The fourth-order valence-corrected chi connectivity index (χ4v) is 1.81. The third kappa shape index (κ3) is 0.836. The third-order valence-corrected chi connectivity index (χ3v) is 2.43. The lowest BCUT2D eigenvalue weighted by molar-refractivity contribution is 0.112. The Morgan fingerprint density at radius 2 is 1.93 bits per heavy atom. The standard InChI is InChI=1S/C11H8N2O/c14-6-7-5-10-11(12-7)8-3-1-2-4-9(8)13-10/h1-6,12-13H. The summed E-state index contributed by atoms with van der Waals surface area (Å²) in [7, 11) is 0. The minimum Gasteiger partial charge on any atom is -0.353 e. The molecule has 2 aromatic heterocycles. The van der Waals surface area contributed by atoms with Gasteiger partial charge in [0, 0.05) is 10.9 Å². The SMILES string of the molecule is O=Cc1cc2[nH]c3ccccc3c2[nH]1. The molecule has 0 spiro atoms. The smallest absolute Gasteiger partial charge is 0.166 e. The van der Waals surface area contributed by atoms with Gasteiger partial charge in [0.1, 0.15) is 0 Å². The zero-order valence-corrected chi connectivity index (χ0v) is 7.37. The Labute approximate surface area is 79.7 Å². The van der Waals surface area contributed by atoms with Crippen molar-refractivity contribution in [3.63, 3.8) is 0 Å². The van der Waals surface area contributed by atoms with E-state index >= 15 is 0 Å². The van der Waals surface area contributed by atoms with Gasteiger partial charge in [-0.25, -0.2) is 0 Å². The molecule has 0 unspecified atom stereocenters. The topological polar surface area (TPSA) is 48.6 Å². The molecule has 3 heteroatoms. The van der Waals surface area contributed by atoms with Gasteiger partial charge in [-0.05, 0) is 12.1 Å². The van der Waals surface area contributed by atoms with Crippen molar-refractivity contribution in [1.82, 2.24) is 9.97 Å². The van der Waals surface area contributed by atoms with E-state index in [2.05, 4.69) is 9.97 Å². The highest BCUT2D eigenvalue weighted by atomic mass is 16.1. The first-order valence-electron chi connectivity index (χ1n) is 4.43. The van der Waals surface area contributed by atoms with Crippen molar-refractivity contribution in [2.45, 2.75) is 0 Å². The highest BCUT2D eigenvalue weighted by molar-refractivity contribution is 6.06. The van der Waals surface area contributed by atoms with Gasteiger partial charge in [-0.2, -0.15) is 0 Å². The monoisotopic (exact) mass is 184 g/mol. The van der Waals surface area contributed by atoms with Crippen LogP contribution in [0.5, 0.6) is 0 Å². The van der Waals surface area contributed by atoms with Crippen LogP contribution >= 0.6 is 0 Å². The number of hydrogen-bond donors (Lipinski definition) is 2. The van der Waals surface area contributed by atoms with E-state index in [9.17, 15) is 4.79 Å². The quantitative estimate of drug-likeness (QED) is 0.561. The molecular formula is C11H8N2O.